The van der Waals surface area contributed by atoms with Gasteiger partial charge in [0.1, 0.15) is 12.7 Å². The van der Waals surface area contributed by atoms with E-state index in [1.807, 2.05) is 12.1 Å². The van der Waals surface area contributed by atoms with Crippen molar-refractivity contribution in [2.75, 3.05) is 19.6 Å². The molecule has 0 bridgehead atoms. The first-order valence-electron chi connectivity index (χ1n) is 8.44. The SMILES string of the molecule is Cl.Clc1cccc(C2CNCCN2Cc2ccc(-n3cncn3)cc2)c1. The van der Waals surface area contributed by atoms with Crippen LogP contribution in [0.15, 0.2) is 61.2 Å². The molecule has 0 saturated carbocycles. The number of halogens is 2. The number of rotatable bonds is 4. The van der Waals surface area contributed by atoms with Crippen molar-refractivity contribution in [3.8, 4) is 5.69 Å². The lowest BCUT2D eigenvalue weighted by Gasteiger charge is -2.36. The Morgan fingerprint density at radius 3 is 2.73 bits per heavy atom. The second-order valence-corrected chi connectivity index (χ2v) is 6.69. The van der Waals surface area contributed by atoms with Gasteiger partial charge < -0.3 is 5.32 Å². The van der Waals surface area contributed by atoms with Crippen LogP contribution in [0, 0.1) is 0 Å². The zero-order chi connectivity index (χ0) is 17.1. The molecule has 7 heteroatoms. The highest BCUT2D eigenvalue weighted by Crippen LogP contribution is 2.26. The number of aromatic nitrogens is 3. The van der Waals surface area contributed by atoms with Gasteiger partial charge in [0.2, 0.25) is 0 Å². The van der Waals surface area contributed by atoms with Gasteiger partial charge in [-0.05, 0) is 35.4 Å². The molecule has 0 aliphatic carbocycles. The van der Waals surface area contributed by atoms with E-state index in [-0.39, 0.29) is 12.4 Å². The number of piperazine rings is 1. The van der Waals surface area contributed by atoms with Crippen molar-refractivity contribution in [2.45, 2.75) is 12.6 Å². The average Bonchev–Trinajstić information content (AvgIpc) is 3.18. The highest BCUT2D eigenvalue weighted by Gasteiger charge is 2.23. The third-order valence-corrected chi connectivity index (χ3v) is 4.83. The predicted octanol–water partition coefficient (Wildman–Crippen LogP) is 3.49. The maximum absolute atomic E-state index is 6.19. The Balaban J connectivity index is 0.00000196. The standard InChI is InChI=1S/C19H20ClN5.ClH/c20-17-3-1-2-16(10-17)19-11-21-8-9-24(19)12-15-4-6-18(7-5-15)25-14-22-13-23-25;/h1-7,10,13-14,19,21H,8-9,11-12H2;1H. The number of benzene rings is 2. The molecule has 1 aliphatic heterocycles. The van der Waals surface area contributed by atoms with Crippen LogP contribution in [0.5, 0.6) is 0 Å². The molecule has 0 amide bonds. The van der Waals surface area contributed by atoms with Crippen molar-refractivity contribution < 1.29 is 0 Å². The van der Waals surface area contributed by atoms with Gasteiger partial charge in [-0.1, -0.05) is 35.9 Å². The van der Waals surface area contributed by atoms with Gasteiger partial charge in [0.15, 0.2) is 0 Å². The van der Waals surface area contributed by atoms with Gasteiger partial charge in [0.25, 0.3) is 0 Å². The molecule has 26 heavy (non-hydrogen) atoms. The maximum Gasteiger partial charge on any atom is 0.138 e. The Bertz CT molecular complexity index is 820. The highest BCUT2D eigenvalue weighted by atomic mass is 35.5. The molecule has 1 atom stereocenters. The monoisotopic (exact) mass is 389 g/mol. The minimum atomic E-state index is 0. The molecule has 0 spiro atoms. The minimum Gasteiger partial charge on any atom is -0.314 e. The van der Waals surface area contributed by atoms with Crippen LogP contribution in [0.4, 0.5) is 0 Å². The Labute approximate surface area is 164 Å². The van der Waals surface area contributed by atoms with Crippen molar-refractivity contribution >= 4 is 24.0 Å². The molecule has 2 aromatic carbocycles. The van der Waals surface area contributed by atoms with E-state index in [1.165, 1.54) is 11.1 Å². The van der Waals surface area contributed by atoms with E-state index in [0.29, 0.717) is 6.04 Å². The molecule has 1 fully saturated rings. The largest absolute Gasteiger partial charge is 0.314 e. The summed E-state index contributed by atoms with van der Waals surface area (Å²) in [7, 11) is 0. The third kappa shape index (κ3) is 4.24. The summed E-state index contributed by atoms with van der Waals surface area (Å²) >= 11 is 6.19. The molecule has 1 aliphatic rings. The van der Waals surface area contributed by atoms with Crippen LogP contribution in [-0.4, -0.2) is 39.3 Å². The second kappa shape index (κ2) is 8.64. The van der Waals surface area contributed by atoms with Crippen molar-refractivity contribution in [3.05, 3.63) is 77.3 Å². The van der Waals surface area contributed by atoms with Crippen LogP contribution >= 0.6 is 24.0 Å². The summed E-state index contributed by atoms with van der Waals surface area (Å²) in [6.45, 7) is 3.88. The van der Waals surface area contributed by atoms with Gasteiger partial charge in [0, 0.05) is 37.2 Å². The van der Waals surface area contributed by atoms with Crippen LogP contribution in [-0.2, 0) is 6.54 Å². The average molecular weight is 390 g/mol. The normalized spacial score (nSPS) is 17.7. The molecule has 3 aromatic rings. The molecular formula is C19H21Cl2N5. The molecule has 1 N–H and O–H groups in total. The fourth-order valence-electron chi connectivity index (χ4n) is 3.31. The Morgan fingerprint density at radius 1 is 1.15 bits per heavy atom. The third-order valence-electron chi connectivity index (χ3n) is 4.59. The van der Waals surface area contributed by atoms with Crippen molar-refractivity contribution in [1.82, 2.24) is 25.0 Å². The van der Waals surface area contributed by atoms with E-state index in [4.69, 9.17) is 11.6 Å². The zero-order valence-electron chi connectivity index (χ0n) is 14.3. The van der Waals surface area contributed by atoms with E-state index in [0.717, 1.165) is 36.9 Å². The van der Waals surface area contributed by atoms with Crippen molar-refractivity contribution in [1.29, 1.82) is 0 Å². The smallest absolute Gasteiger partial charge is 0.138 e. The molecule has 1 unspecified atom stereocenters. The van der Waals surface area contributed by atoms with Crippen LogP contribution in [0.3, 0.4) is 0 Å². The fraction of sp³-hybridized carbons (Fsp3) is 0.263. The zero-order valence-corrected chi connectivity index (χ0v) is 15.8. The van der Waals surface area contributed by atoms with E-state index in [1.54, 1.807) is 17.3 Å². The lowest BCUT2D eigenvalue weighted by Crippen LogP contribution is -2.45. The molecule has 1 aromatic heterocycles. The summed E-state index contributed by atoms with van der Waals surface area (Å²) < 4.78 is 1.77. The topological polar surface area (TPSA) is 46.0 Å². The number of nitrogens with zero attached hydrogens (tertiary/aromatic N) is 4. The van der Waals surface area contributed by atoms with Gasteiger partial charge in [-0.25, -0.2) is 9.67 Å². The number of nitrogens with one attached hydrogen (secondary N) is 1. The minimum absolute atomic E-state index is 0. The van der Waals surface area contributed by atoms with Gasteiger partial charge in [-0.3, -0.25) is 4.90 Å². The highest BCUT2D eigenvalue weighted by molar-refractivity contribution is 6.30. The Kier molecular flexibility index (Phi) is 6.27. The van der Waals surface area contributed by atoms with Crippen LogP contribution in [0.2, 0.25) is 5.02 Å². The summed E-state index contributed by atoms with van der Waals surface area (Å²) in [5, 5.41) is 8.45. The first kappa shape index (κ1) is 18.9. The lowest BCUT2D eigenvalue weighted by molar-refractivity contribution is 0.154. The van der Waals surface area contributed by atoms with Crippen LogP contribution in [0.25, 0.3) is 5.69 Å². The van der Waals surface area contributed by atoms with Crippen molar-refractivity contribution in [3.63, 3.8) is 0 Å². The maximum atomic E-state index is 6.19. The van der Waals surface area contributed by atoms with Gasteiger partial charge >= 0.3 is 0 Å². The molecule has 2 heterocycles. The summed E-state index contributed by atoms with van der Waals surface area (Å²) in [4.78, 5) is 6.50. The van der Waals surface area contributed by atoms with Gasteiger partial charge in [0.05, 0.1) is 5.69 Å². The van der Waals surface area contributed by atoms with E-state index >= 15 is 0 Å². The molecule has 0 radical (unpaired) electrons. The molecule has 136 valence electrons. The molecule has 5 nitrogen and oxygen atoms in total. The Morgan fingerprint density at radius 2 is 2.00 bits per heavy atom. The van der Waals surface area contributed by atoms with E-state index in [2.05, 4.69) is 56.7 Å². The number of hydrogen-bond donors (Lipinski definition) is 1. The first-order valence-corrected chi connectivity index (χ1v) is 8.81. The van der Waals surface area contributed by atoms with E-state index < -0.39 is 0 Å². The van der Waals surface area contributed by atoms with Crippen LogP contribution in [0.1, 0.15) is 17.2 Å². The predicted molar refractivity (Wildman–Crippen MR) is 106 cm³/mol. The second-order valence-electron chi connectivity index (χ2n) is 6.25. The summed E-state index contributed by atoms with van der Waals surface area (Å²) in [6, 6.07) is 17.0. The van der Waals surface area contributed by atoms with Gasteiger partial charge in [-0.15, -0.1) is 12.4 Å². The van der Waals surface area contributed by atoms with E-state index in [9.17, 15) is 0 Å². The quantitative estimate of drug-likeness (QED) is 0.741. The molecule has 1 saturated heterocycles. The molecule has 4 rings (SSSR count). The van der Waals surface area contributed by atoms with Crippen LogP contribution < -0.4 is 5.32 Å². The summed E-state index contributed by atoms with van der Waals surface area (Å²) in [5.74, 6) is 0. The Hall–Kier alpha value is -1.92. The number of hydrogen-bond acceptors (Lipinski definition) is 4. The first-order chi connectivity index (χ1) is 12.3. The lowest BCUT2D eigenvalue weighted by atomic mass is 10.0. The van der Waals surface area contributed by atoms with Gasteiger partial charge in [-0.2, -0.15) is 5.10 Å². The molecular weight excluding hydrogens is 369 g/mol. The fourth-order valence-corrected chi connectivity index (χ4v) is 3.51. The van der Waals surface area contributed by atoms with Crippen molar-refractivity contribution in [2.24, 2.45) is 0 Å². The summed E-state index contributed by atoms with van der Waals surface area (Å²) in [5.41, 5.74) is 3.57. The summed E-state index contributed by atoms with van der Waals surface area (Å²) in [6.07, 6.45) is 3.25.